The van der Waals surface area contributed by atoms with Gasteiger partial charge in [-0.05, 0) is 55.3 Å². The van der Waals surface area contributed by atoms with Crippen LogP contribution >= 0.6 is 23.4 Å². The van der Waals surface area contributed by atoms with Crippen LogP contribution in [0.15, 0.2) is 53.5 Å². The molecule has 180 valence electrons. The normalized spacial score (nSPS) is 16.7. The minimum Gasteiger partial charge on any atom is -0.462 e. The van der Waals surface area contributed by atoms with E-state index in [1.54, 1.807) is 48.2 Å². The van der Waals surface area contributed by atoms with Crippen molar-refractivity contribution in [3.8, 4) is 0 Å². The molecule has 3 rings (SSSR count). The summed E-state index contributed by atoms with van der Waals surface area (Å²) in [5, 5.41) is 3.45. The van der Waals surface area contributed by atoms with Crippen LogP contribution in [0.2, 0.25) is 5.02 Å². The quantitative estimate of drug-likeness (QED) is 0.367. The zero-order valence-corrected chi connectivity index (χ0v) is 20.8. The average molecular weight is 502 g/mol. The number of halogens is 1. The zero-order chi connectivity index (χ0) is 24.5. The lowest BCUT2D eigenvalue weighted by Gasteiger charge is -2.17. The van der Waals surface area contributed by atoms with Crippen LogP contribution in [-0.2, 0) is 20.9 Å². The van der Waals surface area contributed by atoms with Crippen molar-refractivity contribution >= 4 is 52.0 Å². The number of benzene rings is 2. The van der Waals surface area contributed by atoms with E-state index in [0.717, 1.165) is 18.4 Å². The van der Waals surface area contributed by atoms with Crippen LogP contribution < -0.4 is 5.32 Å². The number of nitrogens with one attached hydrogen (secondary N) is 1. The van der Waals surface area contributed by atoms with Crippen LogP contribution in [0.5, 0.6) is 0 Å². The predicted octanol–water partition coefficient (Wildman–Crippen LogP) is 4.95. The van der Waals surface area contributed by atoms with Crippen molar-refractivity contribution in [3.05, 3.63) is 64.7 Å². The van der Waals surface area contributed by atoms with Gasteiger partial charge in [-0.3, -0.25) is 14.5 Å². The molecule has 0 radical (unpaired) electrons. The Balaban J connectivity index is 1.80. The maximum Gasteiger partial charge on any atom is 0.338 e. The molecule has 7 nitrogen and oxygen atoms in total. The summed E-state index contributed by atoms with van der Waals surface area (Å²) < 4.78 is 5.01. The predicted molar refractivity (Wildman–Crippen MR) is 135 cm³/mol. The second-order valence-electron chi connectivity index (χ2n) is 7.73. The molecule has 34 heavy (non-hydrogen) atoms. The second-order valence-corrected chi connectivity index (χ2v) is 9.33. The fraction of sp³-hybridized carbons (Fsp3) is 0.360. The van der Waals surface area contributed by atoms with E-state index < -0.39 is 11.2 Å². The topological polar surface area (TPSA) is 88.1 Å². The van der Waals surface area contributed by atoms with Crippen molar-refractivity contribution in [1.82, 2.24) is 10.2 Å². The molecule has 0 saturated carbocycles. The average Bonchev–Trinajstić information content (AvgIpc) is 3.10. The molecule has 1 aliphatic heterocycles. The van der Waals surface area contributed by atoms with Gasteiger partial charge in [0.15, 0.2) is 5.17 Å². The molecule has 0 unspecified atom stereocenters. The number of nitrogens with zero attached hydrogens (tertiary/aromatic N) is 2. The smallest absolute Gasteiger partial charge is 0.338 e. The fourth-order valence-corrected chi connectivity index (χ4v) is 4.57. The van der Waals surface area contributed by atoms with Gasteiger partial charge >= 0.3 is 5.97 Å². The molecule has 1 saturated heterocycles. The molecule has 1 atom stereocenters. The van der Waals surface area contributed by atoms with E-state index in [0.29, 0.717) is 41.1 Å². The Hall–Kier alpha value is -2.84. The number of carbonyl (C=O) groups excluding carboxylic acids is 3. The summed E-state index contributed by atoms with van der Waals surface area (Å²) in [5.41, 5.74) is 1.93. The lowest BCUT2D eigenvalue weighted by atomic mass is 10.2. The Morgan fingerprint density at radius 2 is 1.82 bits per heavy atom. The molecule has 1 N–H and O–H groups in total. The molecule has 1 heterocycles. The molecule has 2 aromatic carbocycles. The van der Waals surface area contributed by atoms with Gasteiger partial charge in [-0.15, -0.1) is 0 Å². The van der Waals surface area contributed by atoms with E-state index in [9.17, 15) is 14.4 Å². The first-order valence-corrected chi connectivity index (χ1v) is 12.5. The van der Waals surface area contributed by atoms with Gasteiger partial charge in [0.1, 0.15) is 5.25 Å². The Kier molecular flexibility index (Phi) is 9.53. The lowest BCUT2D eigenvalue weighted by Crippen LogP contribution is -2.34. The van der Waals surface area contributed by atoms with Gasteiger partial charge in [-0.1, -0.05) is 48.8 Å². The number of aliphatic imine (C=N–C) groups is 1. The number of ether oxygens (including phenoxy) is 1. The Bertz CT molecular complexity index is 1040. The van der Waals surface area contributed by atoms with Crippen LogP contribution in [0.25, 0.3) is 0 Å². The monoisotopic (exact) mass is 501 g/mol. The number of rotatable bonds is 10. The van der Waals surface area contributed by atoms with E-state index in [1.165, 1.54) is 11.8 Å². The van der Waals surface area contributed by atoms with Gasteiger partial charge in [0.05, 0.1) is 24.4 Å². The zero-order valence-electron chi connectivity index (χ0n) is 19.3. The third-order valence-electron chi connectivity index (χ3n) is 5.10. The van der Waals surface area contributed by atoms with Crippen molar-refractivity contribution in [2.24, 2.45) is 4.99 Å². The summed E-state index contributed by atoms with van der Waals surface area (Å²) in [5.74, 6) is -0.705. The van der Waals surface area contributed by atoms with E-state index in [1.807, 2.05) is 12.1 Å². The molecule has 2 amide bonds. The number of hydrogen-bond acceptors (Lipinski definition) is 6. The van der Waals surface area contributed by atoms with Gasteiger partial charge in [0.25, 0.3) is 0 Å². The van der Waals surface area contributed by atoms with Gasteiger partial charge in [-0.2, -0.15) is 0 Å². The van der Waals surface area contributed by atoms with Crippen molar-refractivity contribution in [2.75, 3.05) is 13.2 Å². The number of thioether (sulfide) groups is 1. The second kappa shape index (κ2) is 12.6. The number of unbranched alkanes of at least 4 members (excludes halogenated alkanes) is 1. The molecular weight excluding hydrogens is 474 g/mol. The fourth-order valence-electron chi connectivity index (χ4n) is 3.29. The van der Waals surface area contributed by atoms with Gasteiger partial charge in [0, 0.05) is 18.0 Å². The summed E-state index contributed by atoms with van der Waals surface area (Å²) in [6.07, 6.45) is 1.97. The summed E-state index contributed by atoms with van der Waals surface area (Å²) in [6.45, 7) is 5.02. The number of esters is 1. The highest BCUT2D eigenvalue weighted by molar-refractivity contribution is 8.15. The third kappa shape index (κ3) is 7.08. The summed E-state index contributed by atoms with van der Waals surface area (Å²) >= 11 is 7.27. The van der Waals surface area contributed by atoms with Crippen molar-refractivity contribution in [2.45, 2.75) is 44.9 Å². The van der Waals surface area contributed by atoms with Crippen LogP contribution in [0, 0.1) is 0 Å². The van der Waals surface area contributed by atoms with Gasteiger partial charge in [-0.25, -0.2) is 9.79 Å². The molecular formula is C25H28ClN3O4S. The number of hydrogen-bond donors (Lipinski definition) is 1. The Morgan fingerprint density at radius 3 is 2.47 bits per heavy atom. The van der Waals surface area contributed by atoms with Gasteiger partial charge in [0.2, 0.25) is 11.8 Å². The Labute approximate surface area is 208 Å². The van der Waals surface area contributed by atoms with Crippen LogP contribution in [0.4, 0.5) is 5.69 Å². The summed E-state index contributed by atoms with van der Waals surface area (Å²) in [6, 6.07) is 13.9. The molecule has 2 aromatic rings. The molecule has 1 fully saturated rings. The highest BCUT2D eigenvalue weighted by atomic mass is 35.5. The lowest BCUT2D eigenvalue weighted by molar-refractivity contribution is -0.129. The van der Waals surface area contributed by atoms with Crippen molar-refractivity contribution in [3.63, 3.8) is 0 Å². The maximum absolute atomic E-state index is 13.2. The third-order valence-corrected chi connectivity index (χ3v) is 6.53. The van der Waals surface area contributed by atoms with E-state index in [4.69, 9.17) is 16.3 Å². The van der Waals surface area contributed by atoms with Crippen LogP contribution in [0.1, 0.15) is 49.0 Å². The maximum atomic E-state index is 13.2. The van der Waals surface area contributed by atoms with E-state index in [-0.39, 0.29) is 18.2 Å². The molecule has 0 spiro atoms. The highest BCUT2D eigenvalue weighted by Gasteiger charge is 2.39. The summed E-state index contributed by atoms with van der Waals surface area (Å²) in [7, 11) is 0. The molecule has 9 heteroatoms. The van der Waals surface area contributed by atoms with Crippen LogP contribution in [-0.4, -0.2) is 46.3 Å². The Morgan fingerprint density at radius 1 is 1.12 bits per heavy atom. The van der Waals surface area contributed by atoms with Crippen molar-refractivity contribution < 1.29 is 19.1 Å². The minimum atomic E-state index is -0.550. The number of carbonyl (C=O) groups is 3. The first kappa shape index (κ1) is 25.8. The summed E-state index contributed by atoms with van der Waals surface area (Å²) in [4.78, 5) is 43.7. The molecule has 0 bridgehead atoms. The van der Waals surface area contributed by atoms with Crippen molar-refractivity contribution in [1.29, 1.82) is 0 Å². The SMILES string of the molecule is CCCCNC(=O)C[C@@H]1SC(=Nc2ccc(C(=O)OCC)cc2)N(Cc2ccc(Cl)cc2)C1=O. The van der Waals surface area contributed by atoms with E-state index >= 15 is 0 Å². The number of amides is 2. The minimum absolute atomic E-state index is 0.0884. The van der Waals surface area contributed by atoms with Gasteiger partial charge < -0.3 is 10.1 Å². The first-order chi connectivity index (χ1) is 16.4. The van der Waals surface area contributed by atoms with E-state index in [2.05, 4.69) is 17.2 Å². The molecule has 0 aromatic heterocycles. The molecule has 1 aliphatic rings. The standard InChI is InChI=1S/C25H28ClN3O4S/c1-3-5-14-27-22(30)15-21-23(31)29(16-17-6-10-19(26)11-7-17)25(34-21)28-20-12-8-18(9-13-20)24(32)33-4-2/h6-13,21H,3-5,14-16H2,1-2H3,(H,27,30)/t21-/m0/s1. The largest absolute Gasteiger partial charge is 0.462 e. The highest BCUT2D eigenvalue weighted by Crippen LogP contribution is 2.33. The molecule has 0 aliphatic carbocycles. The first-order valence-electron chi connectivity index (χ1n) is 11.3. The van der Waals surface area contributed by atoms with Crippen LogP contribution in [0.3, 0.4) is 0 Å². The number of amidine groups is 1.